The molecule has 0 amide bonds. The van der Waals surface area contributed by atoms with E-state index >= 15 is 0 Å². The van der Waals surface area contributed by atoms with Crippen LogP contribution in [0.2, 0.25) is 0 Å². The van der Waals surface area contributed by atoms with E-state index in [9.17, 15) is 14.7 Å². The normalized spacial score (nSPS) is 20.7. The number of aliphatic hydroxyl groups excluding tert-OH is 1. The van der Waals surface area contributed by atoms with Crippen molar-refractivity contribution >= 4 is 17.6 Å². The van der Waals surface area contributed by atoms with Gasteiger partial charge in [0.05, 0.1) is 11.5 Å². The van der Waals surface area contributed by atoms with Gasteiger partial charge in [0.1, 0.15) is 17.1 Å². The number of hydrogen-bond donors (Lipinski definition) is 1. The minimum Gasteiger partial charge on any atom is -0.530 e. The first kappa shape index (κ1) is 19.3. The van der Waals surface area contributed by atoms with Crippen LogP contribution in [0.15, 0.2) is 35.6 Å². The monoisotopic (exact) mass is 330 g/mol. The zero-order valence-corrected chi connectivity index (χ0v) is 15.0. The maximum Gasteiger partial charge on any atom is 1.00 e. The summed E-state index contributed by atoms with van der Waals surface area (Å²) in [6, 6.07) is 3.26. The van der Waals surface area contributed by atoms with E-state index in [0.29, 0.717) is 11.3 Å². The second kappa shape index (κ2) is 7.07. The molecular weight excluding hydrogens is 311 g/mol. The molecule has 124 valence electrons. The standard InChI is InChI=1S/C20H19O4.Li/c1-12(2)5-4-9-20(3)10-8-14-17(24-20)7-6-13-15(21)11-16(22)19(23)18(13)14;/h5-8,10,22H,4,9H2,1-3H3;/q-1;+1/t20-;/m1./s1. The van der Waals surface area contributed by atoms with Crippen molar-refractivity contribution in [2.45, 2.75) is 39.2 Å². The largest absolute Gasteiger partial charge is 1.00 e. The van der Waals surface area contributed by atoms with Crippen LogP contribution in [-0.4, -0.2) is 22.3 Å². The Morgan fingerprint density at radius 1 is 1.32 bits per heavy atom. The number of ketones is 2. The van der Waals surface area contributed by atoms with Crippen LogP contribution in [0.4, 0.5) is 0 Å². The molecule has 0 spiro atoms. The Hall–Kier alpha value is -2.02. The van der Waals surface area contributed by atoms with Gasteiger partial charge < -0.3 is 19.4 Å². The molecule has 0 aromatic heterocycles. The first-order chi connectivity index (χ1) is 11.3. The van der Waals surface area contributed by atoms with Gasteiger partial charge in [0.2, 0.25) is 0 Å². The second-order valence-corrected chi connectivity index (χ2v) is 6.60. The summed E-state index contributed by atoms with van der Waals surface area (Å²) in [5.74, 6) is -1.18. The molecule has 1 aliphatic carbocycles. The fraction of sp³-hybridized carbons (Fsp3) is 0.300. The molecule has 1 aromatic rings. The van der Waals surface area contributed by atoms with Gasteiger partial charge in [-0.1, -0.05) is 34.9 Å². The summed E-state index contributed by atoms with van der Waals surface area (Å²) in [6.07, 6.45) is 9.73. The summed E-state index contributed by atoms with van der Waals surface area (Å²) in [7, 11) is 0. The van der Waals surface area contributed by atoms with Gasteiger partial charge in [-0.05, 0) is 45.8 Å². The smallest absolute Gasteiger partial charge is 0.530 e. The van der Waals surface area contributed by atoms with Gasteiger partial charge in [-0.25, -0.2) is 0 Å². The van der Waals surface area contributed by atoms with E-state index in [2.05, 4.69) is 26.0 Å². The quantitative estimate of drug-likeness (QED) is 0.514. The van der Waals surface area contributed by atoms with E-state index in [1.54, 1.807) is 12.1 Å². The van der Waals surface area contributed by atoms with Gasteiger partial charge in [0.25, 0.3) is 0 Å². The molecule has 1 N–H and O–H groups in total. The summed E-state index contributed by atoms with van der Waals surface area (Å²) in [4.78, 5) is 24.2. The first-order valence-corrected chi connectivity index (χ1v) is 7.91. The molecular formula is C20H19LiO4. The van der Waals surface area contributed by atoms with Crippen LogP contribution in [0.25, 0.3) is 6.08 Å². The molecule has 5 heteroatoms. The van der Waals surface area contributed by atoms with E-state index in [0.717, 1.165) is 12.8 Å². The Labute approximate surface area is 159 Å². The maximum atomic E-state index is 12.2. The molecule has 1 atom stereocenters. The van der Waals surface area contributed by atoms with E-state index in [-0.39, 0.29) is 30.0 Å². The Balaban J connectivity index is 0.00000225. The van der Waals surface area contributed by atoms with Crippen LogP contribution in [0.5, 0.6) is 5.75 Å². The van der Waals surface area contributed by atoms with Crippen molar-refractivity contribution in [2.75, 3.05) is 0 Å². The minimum absolute atomic E-state index is 0. The number of carbonyl (C=O) groups excluding carboxylic acids is 2. The number of allylic oxidation sites excluding steroid dienone is 4. The fourth-order valence-corrected chi connectivity index (χ4v) is 2.97. The van der Waals surface area contributed by atoms with Crippen molar-refractivity contribution in [1.29, 1.82) is 0 Å². The molecule has 0 saturated heterocycles. The predicted molar refractivity (Wildman–Crippen MR) is 91.2 cm³/mol. The fourth-order valence-electron chi connectivity index (χ4n) is 2.97. The van der Waals surface area contributed by atoms with E-state index in [4.69, 9.17) is 4.74 Å². The van der Waals surface area contributed by atoms with Crippen molar-refractivity contribution in [3.8, 4) is 5.75 Å². The zero-order valence-electron chi connectivity index (χ0n) is 15.0. The van der Waals surface area contributed by atoms with Crippen LogP contribution in [0, 0.1) is 6.08 Å². The van der Waals surface area contributed by atoms with Crippen LogP contribution in [0.3, 0.4) is 0 Å². The Morgan fingerprint density at radius 3 is 2.72 bits per heavy atom. The SMILES string of the molecule is CC(C)=CCC[C@]1(C)C=Cc2c(ccc3c2C(=O)C(O)=[C-]C3=O)O1.[Li+]. The van der Waals surface area contributed by atoms with E-state index in [1.165, 1.54) is 5.57 Å². The molecule has 25 heavy (non-hydrogen) atoms. The van der Waals surface area contributed by atoms with E-state index in [1.807, 2.05) is 19.1 Å². The molecule has 0 radical (unpaired) electrons. The van der Waals surface area contributed by atoms with Crippen molar-refractivity contribution < 1.29 is 38.3 Å². The average molecular weight is 330 g/mol. The third kappa shape index (κ3) is 3.66. The Kier molecular flexibility index (Phi) is 5.46. The van der Waals surface area contributed by atoms with Crippen molar-refractivity contribution in [3.05, 3.63) is 58.4 Å². The maximum absolute atomic E-state index is 12.2. The number of hydrogen-bond acceptors (Lipinski definition) is 4. The topological polar surface area (TPSA) is 63.6 Å². The Morgan fingerprint density at radius 2 is 2.04 bits per heavy atom. The molecule has 0 unspecified atom stereocenters. The van der Waals surface area contributed by atoms with Gasteiger partial charge in [-0.15, -0.1) is 6.07 Å². The summed E-state index contributed by atoms with van der Waals surface area (Å²) in [5.41, 5.74) is 1.77. The Bertz CT molecular complexity index is 828. The summed E-state index contributed by atoms with van der Waals surface area (Å²) in [5, 5.41) is 9.63. The summed E-state index contributed by atoms with van der Waals surface area (Å²) in [6.45, 7) is 6.10. The van der Waals surface area contributed by atoms with Crippen molar-refractivity contribution in [2.24, 2.45) is 0 Å². The molecule has 1 heterocycles. The molecule has 4 nitrogen and oxygen atoms in total. The van der Waals surface area contributed by atoms with Gasteiger partial charge >= 0.3 is 18.9 Å². The van der Waals surface area contributed by atoms with Crippen LogP contribution < -0.4 is 23.6 Å². The molecule has 0 bridgehead atoms. The molecule has 3 rings (SSSR count). The average Bonchev–Trinajstić information content (AvgIpc) is 2.51. The van der Waals surface area contributed by atoms with Gasteiger partial charge in [0, 0.05) is 5.56 Å². The number of carbonyl (C=O) groups is 2. The van der Waals surface area contributed by atoms with Gasteiger partial charge in [-0.2, -0.15) is 0 Å². The molecule has 1 aliphatic heterocycles. The molecule has 1 aromatic carbocycles. The van der Waals surface area contributed by atoms with Crippen LogP contribution >= 0.6 is 0 Å². The van der Waals surface area contributed by atoms with Crippen LogP contribution in [-0.2, 0) is 0 Å². The van der Waals surface area contributed by atoms with E-state index < -0.39 is 22.9 Å². The number of Topliss-reactive ketones (excluding diaryl/α,β-unsaturated/α-hetero) is 2. The summed E-state index contributed by atoms with van der Waals surface area (Å²) < 4.78 is 6.10. The molecule has 0 saturated carbocycles. The number of benzene rings is 1. The number of fused-ring (bicyclic) bond motifs is 3. The van der Waals surface area contributed by atoms with Gasteiger partial charge in [-0.3, -0.25) is 0 Å². The number of ether oxygens (including phenoxy) is 1. The minimum atomic E-state index is -0.647. The van der Waals surface area contributed by atoms with Crippen molar-refractivity contribution in [3.63, 3.8) is 0 Å². The van der Waals surface area contributed by atoms with Gasteiger partial charge in [0.15, 0.2) is 0 Å². The number of aliphatic hydroxyl groups is 1. The zero-order chi connectivity index (χ0) is 17.5. The third-order valence-electron chi connectivity index (χ3n) is 4.26. The van der Waals surface area contributed by atoms with Crippen molar-refractivity contribution in [1.82, 2.24) is 0 Å². The first-order valence-electron chi connectivity index (χ1n) is 7.91. The molecule has 0 fully saturated rings. The second-order valence-electron chi connectivity index (χ2n) is 6.60. The third-order valence-corrected chi connectivity index (χ3v) is 4.26. The van der Waals surface area contributed by atoms with Crippen LogP contribution in [0.1, 0.15) is 59.9 Å². The summed E-state index contributed by atoms with van der Waals surface area (Å²) >= 11 is 0. The predicted octanol–water partition coefficient (Wildman–Crippen LogP) is 1.23. The number of rotatable bonds is 3. The molecule has 2 aliphatic rings.